The van der Waals surface area contributed by atoms with Gasteiger partial charge in [0.1, 0.15) is 6.61 Å². The van der Waals surface area contributed by atoms with Crippen LogP contribution in [0.4, 0.5) is 0 Å². The molecule has 0 radical (unpaired) electrons. The fourth-order valence-corrected chi connectivity index (χ4v) is 3.27. The van der Waals surface area contributed by atoms with Gasteiger partial charge in [0.25, 0.3) is 5.91 Å². The molecule has 1 saturated carbocycles. The van der Waals surface area contributed by atoms with E-state index < -0.39 is 0 Å². The van der Waals surface area contributed by atoms with Crippen molar-refractivity contribution in [3.05, 3.63) is 69.7 Å². The quantitative estimate of drug-likeness (QED) is 0.866. The standard InChI is InChI=1S/C19H16ClNO3/c20-15-4-2-14(3-5-15)19(7-8-19)11-21-17(22)12-1-6-16-13(9-12)10-24-18(16)23/h1-6,9H,7-8,10-11H2,(H,21,22). The first-order chi connectivity index (χ1) is 11.6. The summed E-state index contributed by atoms with van der Waals surface area (Å²) in [7, 11) is 0. The van der Waals surface area contributed by atoms with Crippen molar-refractivity contribution in [2.45, 2.75) is 24.9 Å². The van der Waals surface area contributed by atoms with Crippen LogP contribution in [0.3, 0.4) is 0 Å². The van der Waals surface area contributed by atoms with E-state index in [0.29, 0.717) is 22.7 Å². The van der Waals surface area contributed by atoms with Crippen LogP contribution in [0.2, 0.25) is 5.02 Å². The number of ether oxygens (including phenoxy) is 1. The largest absolute Gasteiger partial charge is 0.457 e. The maximum Gasteiger partial charge on any atom is 0.338 e. The molecule has 1 fully saturated rings. The fourth-order valence-electron chi connectivity index (χ4n) is 3.15. The average Bonchev–Trinajstić information content (AvgIpc) is 3.30. The Balaban J connectivity index is 1.45. The van der Waals surface area contributed by atoms with E-state index in [2.05, 4.69) is 5.32 Å². The summed E-state index contributed by atoms with van der Waals surface area (Å²) in [5.41, 5.74) is 3.10. The summed E-state index contributed by atoms with van der Waals surface area (Å²) < 4.78 is 4.97. The molecule has 1 amide bonds. The Morgan fingerprint density at radius 3 is 2.62 bits per heavy atom. The normalized spacial score (nSPS) is 17.1. The molecule has 24 heavy (non-hydrogen) atoms. The van der Waals surface area contributed by atoms with Crippen LogP contribution in [0, 0.1) is 0 Å². The second-order valence-corrected chi connectivity index (χ2v) is 6.85. The van der Waals surface area contributed by atoms with Crippen LogP contribution in [0.5, 0.6) is 0 Å². The van der Waals surface area contributed by atoms with E-state index in [1.807, 2.05) is 24.3 Å². The number of hydrogen-bond donors (Lipinski definition) is 1. The molecule has 4 nitrogen and oxygen atoms in total. The lowest BCUT2D eigenvalue weighted by atomic mass is 9.96. The van der Waals surface area contributed by atoms with E-state index in [9.17, 15) is 9.59 Å². The van der Waals surface area contributed by atoms with Gasteiger partial charge >= 0.3 is 5.97 Å². The topological polar surface area (TPSA) is 55.4 Å². The summed E-state index contributed by atoms with van der Waals surface area (Å²) in [6.45, 7) is 0.837. The van der Waals surface area contributed by atoms with Crippen molar-refractivity contribution in [1.82, 2.24) is 5.32 Å². The number of hydrogen-bond acceptors (Lipinski definition) is 3. The highest BCUT2D eigenvalue weighted by atomic mass is 35.5. The van der Waals surface area contributed by atoms with Gasteiger partial charge in [-0.3, -0.25) is 4.79 Å². The number of rotatable bonds is 4. The molecule has 0 atom stereocenters. The zero-order valence-corrected chi connectivity index (χ0v) is 13.7. The smallest absolute Gasteiger partial charge is 0.338 e. The van der Waals surface area contributed by atoms with Gasteiger partial charge < -0.3 is 10.1 Å². The Morgan fingerprint density at radius 1 is 1.17 bits per heavy atom. The maximum atomic E-state index is 12.4. The number of amides is 1. The van der Waals surface area contributed by atoms with Crippen LogP contribution >= 0.6 is 11.6 Å². The number of carbonyl (C=O) groups excluding carboxylic acids is 2. The highest BCUT2D eigenvalue weighted by Gasteiger charge is 2.44. The van der Waals surface area contributed by atoms with Gasteiger partial charge in [0.15, 0.2) is 0 Å². The summed E-state index contributed by atoms with van der Waals surface area (Å²) in [5.74, 6) is -0.450. The SMILES string of the molecule is O=C(NCC1(c2ccc(Cl)cc2)CC1)c1ccc2c(c1)COC2=O. The van der Waals surface area contributed by atoms with Crippen LogP contribution in [0.1, 0.15) is 44.7 Å². The predicted octanol–water partition coefficient (Wildman–Crippen LogP) is 3.47. The van der Waals surface area contributed by atoms with Crippen LogP contribution in [0.15, 0.2) is 42.5 Å². The first-order valence-corrected chi connectivity index (χ1v) is 8.30. The molecule has 1 heterocycles. The Labute approximate surface area is 144 Å². The lowest BCUT2D eigenvalue weighted by Gasteiger charge is -2.17. The lowest BCUT2D eigenvalue weighted by Crippen LogP contribution is -2.32. The second kappa shape index (κ2) is 5.64. The number of nitrogens with one attached hydrogen (secondary N) is 1. The number of benzene rings is 2. The molecule has 122 valence electrons. The summed E-state index contributed by atoms with van der Waals surface area (Å²) in [6.07, 6.45) is 2.11. The van der Waals surface area contributed by atoms with E-state index in [1.165, 1.54) is 5.56 Å². The van der Waals surface area contributed by atoms with Crippen molar-refractivity contribution < 1.29 is 14.3 Å². The molecular formula is C19H16ClNO3. The van der Waals surface area contributed by atoms with Gasteiger partial charge in [-0.05, 0) is 48.7 Å². The number of halogens is 1. The minimum Gasteiger partial charge on any atom is -0.457 e. The van der Waals surface area contributed by atoms with Gasteiger partial charge in [-0.15, -0.1) is 0 Å². The van der Waals surface area contributed by atoms with Gasteiger partial charge in [-0.2, -0.15) is 0 Å². The number of cyclic esters (lactones) is 1. The molecule has 2 aliphatic rings. The Bertz CT molecular complexity index is 825. The van der Waals surface area contributed by atoms with Gasteiger partial charge in [0.2, 0.25) is 0 Å². The minimum absolute atomic E-state index is 0.0239. The van der Waals surface area contributed by atoms with E-state index in [4.69, 9.17) is 16.3 Å². The molecule has 5 heteroatoms. The van der Waals surface area contributed by atoms with E-state index in [0.717, 1.165) is 18.4 Å². The van der Waals surface area contributed by atoms with E-state index >= 15 is 0 Å². The van der Waals surface area contributed by atoms with Crippen LogP contribution in [-0.2, 0) is 16.8 Å². The number of esters is 1. The summed E-state index contributed by atoms with van der Waals surface area (Å²) in [5, 5.41) is 3.74. The molecule has 0 saturated heterocycles. The third-order valence-corrected chi connectivity index (χ3v) is 5.10. The van der Waals surface area contributed by atoms with Crippen LogP contribution in [-0.4, -0.2) is 18.4 Å². The third kappa shape index (κ3) is 2.67. The molecule has 0 unspecified atom stereocenters. The minimum atomic E-state index is -0.323. The predicted molar refractivity (Wildman–Crippen MR) is 90.3 cm³/mol. The highest BCUT2D eigenvalue weighted by molar-refractivity contribution is 6.30. The summed E-state index contributed by atoms with van der Waals surface area (Å²) in [4.78, 5) is 23.9. The van der Waals surface area contributed by atoms with Gasteiger partial charge in [-0.25, -0.2) is 4.79 Å². The molecular weight excluding hydrogens is 326 g/mol. The fraction of sp³-hybridized carbons (Fsp3) is 0.263. The summed E-state index contributed by atoms with van der Waals surface area (Å²) >= 11 is 5.94. The van der Waals surface area contributed by atoms with Gasteiger partial charge in [0, 0.05) is 28.1 Å². The molecule has 1 aliphatic carbocycles. The zero-order valence-electron chi connectivity index (χ0n) is 13.0. The molecule has 2 aromatic carbocycles. The first-order valence-electron chi connectivity index (χ1n) is 7.92. The van der Waals surface area contributed by atoms with Gasteiger partial charge in [-0.1, -0.05) is 23.7 Å². The molecule has 1 aliphatic heterocycles. The average molecular weight is 342 g/mol. The highest BCUT2D eigenvalue weighted by Crippen LogP contribution is 2.47. The summed E-state index contributed by atoms with van der Waals surface area (Å²) in [6, 6.07) is 12.9. The third-order valence-electron chi connectivity index (χ3n) is 4.84. The molecule has 2 aromatic rings. The van der Waals surface area contributed by atoms with Gasteiger partial charge in [0.05, 0.1) is 5.56 Å². The van der Waals surface area contributed by atoms with Crippen LogP contribution in [0.25, 0.3) is 0 Å². The molecule has 0 bridgehead atoms. The van der Waals surface area contributed by atoms with Crippen molar-refractivity contribution >= 4 is 23.5 Å². The monoisotopic (exact) mass is 341 g/mol. The molecule has 4 rings (SSSR count). The molecule has 0 aromatic heterocycles. The second-order valence-electron chi connectivity index (χ2n) is 6.42. The lowest BCUT2D eigenvalue weighted by molar-refractivity contribution is 0.0535. The van der Waals surface area contributed by atoms with Crippen LogP contribution < -0.4 is 5.32 Å². The van der Waals surface area contributed by atoms with E-state index in [-0.39, 0.29) is 23.9 Å². The van der Waals surface area contributed by atoms with Crippen molar-refractivity contribution in [3.8, 4) is 0 Å². The molecule has 1 N–H and O–H groups in total. The number of carbonyl (C=O) groups is 2. The first kappa shape index (κ1) is 15.2. The Hall–Kier alpha value is -2.33. The molecule has 0 spiro atoms. The van der Waals surface area contributed by atoms with Crippen molar-refractivity contribution in [2.24, 2.45) is 0 Å². The van der Waals surface area contributed by atoms with E-state index in [1.54, 1.807) is 18.2 Å². The van der Waals surface area contributed by atoms with Crippen molar-refractivity contribution in [2.75, 3.05) is 6.54 Å². The number of fused-ring (bicyclic) bond motifs is 1. The van der Waals surface area contributed by atoms with Crippen molar-refractivity contribution in [1.29, 1.82) is 0 Å². The maximum absolute atomic E-state index is 12.4. The Kier molecular flexibility index (Phi) is 3.57. The van der Waals surface area contributed by atoms with Crippen molar-refractivity contribution in [3.63, 3.8) is 0 Å². The Morgan fingerprint density at radius 2 is 1.92 bits per heavy atom. The zero-order chi connectivity index (χ0) is 16.7.